The molecule has 0 spiro atoms. The van der Waals surface area contributed by atoms with Crippen molar-refractivity contribution in [1.82, 2.24) is 24.6 Å². The lowest BCUT2D eigenvalue weighted by molar-refractivity contribution is -0.150. The van der Waals surface area contributed by atoms with Gasteiger partial charge in [0.2, 0.25) is 5.95 Å². The maximum Gasteiger partial charge on any atom is 0.311 e. The summed E-state index contributed by atoms with van der Waals surface area (Å²) in [6.07, 6.45) is 8.89. The summed E-state index contributed by atoms with van der Waals surface area (Å²) >= 11 is 0. The molecule has 2 aromatic rings. The fraction of sp³-hybridized carbons (Fsp3) is 0.556. The summed E-state index contributed by atoms with van der Waals surface area (Å²) in [5.74, 6) is -0.00727. The smallest absolute Gasteiger partial charge is 0.311 e. The van der Waals surface area contributed by atoms with E-state index in [2.05, 4.69) is 20.0 Å². The third-order valence-electron chi connectivity index (χ3n) is 5.70. The summed E-state index contributed by atoms with van der Waals surface area (Å²) in [5, 5.41) is 14.3. The van der Waals surface area contributed by atoms with E-state index in [4.69, 9.17) is 0 Å². The topological polar surface area (TPSA) is 87.4 Å². The molecule has 4 heterocycles. The van der Waals surface area contributed by atoms with E-state index in [9.17, 15) is 9.90 Å². The largest absolute Gasteiger partial charge is 0.481 e. The first kappa shape index (κ1) is 17.0. The highest BCUT2D eigenvalue weighted by Gasteiger charge is 2.53. The molecule has 0 aliphatic carbocycles. The number of aromatic nitrogens is 4. The molecule has 0 radical (unpaired) electrons. The molecule has 0 aromatic carbocycles. The Balaban J connectivity index is 1.55. The van der Waals surface area contributed by atoms with Gasteiger partial charge in [0.15, 0.2) is 0 Å². The highest BCUT2D eigenvalue weighted by Crippen LogP contribution is 2.43. The molecule has 26 heavy (non-hydrogen) atoms. The molecular formula is C18H24N6O2. The fourth-order valence-corrected chi connectivity index (χ4v) is 4.42. The van der Waals surface area contributed by atoms with Gasteiger partial charge >= 0.3 is 5.97 Å². The Bertz CT molecular complexity index is 779. The summed E-state index contributed by atoms with van der Waals surface area (Å²) in [7, 11) is 1.91. The first-order valence-electron chi connectivity index (χ1n) is 9.02. The molecule has 0 bridgehead atoms. The standard InChI is InChI=1S/C18H24N6O2/c1-22-9-14(8-21-22)10-23-7-2-4-18(16(25)26)13-24(12-15(18)11-23)17-19-5-3-6-20-17/h3,5-6,8-9,15H,2,4,7,10-13H2,1H3,(H,25,26)/t15-,18-/m1/s1. The number of carbonyl (C=O) groups is 1. The predicted octanol–water partition coefficient (Wildman–Crippen LogP) is 1.01. The molecule has 8 heteroatoms. The van der Waals surface area contributed by atoms with Crippen LogP contribution < -0.4 is 4.90 Å². The molecule has 2 saturated heterocycles. The minimum atomic E-state index is -0.719. The molecule has 0 amide bonds. The third-order valence-corrected chi connectivity index (χ3v) is 5.70. The van der Waals surface area contributed by atoms with Crippen LogP contribution in [0.1, 0.15) is 18.4 Å². The first-order valence-corrected chi connectivity index (χ1v) is 9.02. The van der Waals surface area contributed by atoms with Crippen molar-refractivity contribution in [3.63, 3.8) is 0 Å². The molecule has 8 nitrogen and oxygen atoms in total. The normalized spacial score (nSPS) is 26.5. The molecule has 1 N–H and O–H groups in total. The van der Waals surface area contributed by atoms with Crippen molar-refractivity contribution in [1.29, 1.82) is 0 Å². The maximum absolute atomic E-state index is 12.3. The van der Waals surface area contributed by atoms with Crippen molar-refractivity contribution in [3.8, 4) is 0 Å². The zero-order chi connectivity index (χ0) is 18.1. The van der Waals surface area contributed by atoms with Crippen LogP contribution in [0.25, 0.3) is 0 Å². The van der Waals surface area contributed by atoms with Crippen LogP contribution in [0.15, 0.2) is 30.9 Å². The molecular weight excluding hydrogens is 332 g/mol. The summed E-state index contributed by atoms with van der Waals surface area (Å²) < 4.78 is 1.80. The van der Waals surface area contributed by atoms with Crippen LogP contribution in [-0.2, 0) is 18.4 Å². The van der Waals surface area contributed by atoms with Gasteiger partial charge in [0.1, 0.15) is 0 Å². The molecule has 0 unspecified atom stereocenters. The second-order valence-electron chi connectivity index (χ2n) is 7.45. The lowest BCUT2D eigenvalue weighted by atomic mass is 9.75. The maximum atomic E-state index is 12.3. The Hall–Kier alpha value is -2.48. The van der Waals surface area contributed by atoms with Gasteiger partial charge in [-0.2, -0.15) is 5.10 Å². The Morgan fingerprint density at radius 1 is 1.35 bits per heavy atom. The second kappa shape index (κ2) is 6.68. The van der Waals surface area contributed by atoms with Crippen LogP contribution in [0, 0.1) is 11.3 Å². The number of carboxylic acids is 1. The molecule has 2 aromatic heterocycles. The number of hydrogen-bond donors (Lipinski definition) is 1. The summed E-state index contributed by atoms with van der Waals surface area (Å²) in [6, 6.07) is 1.78. The van der Waals surface area contributed by atoms with Gasteiger partial charge < -0.3 is 10.0 Å². The lowest BCUT2D eigenvalue weighted by Crippen LogP contribution is -2.41. The van der Waals surface area contributed by atoms with Gasteiger partial charge in [0.05, 0.1) is 11.6 Å². The fourth-order valence-electron chi connectivity index (χ4n) is 4.42. The van der Waals surface area contributed by atoms with Crippen LogP contribution in [0.4, 0.5) is 5.95 Å². The van der Waals surface area contributed by atoms with Gasteiger partial charge in [-0.25, -0.2) is 9.97 Å². The molecule has 2 aliphatic heterocycles. The average molecular weight is 356 g/mol. The highest BCUT2D eigenvalue weighted by molar-refractivity contribution is 5.77. The van der Waals surface area contributed by atoms with Crippen molar-refractivity contribution in [2.45, 2.75) is 19.4 Å². The molecule has 2 aliphatic rings. The van der Waals surface area contributed by atoms with E-state index >= 15 is 0 Å². The van der Waals surface area contributed by atoms with Gasteiger partial charge in [-0.1, -0.05) is 0 Å². The zero-order valence-electron chi connectivity index (χ0n) is 15.0. The summed E-state index contributed by atoms with van der Waals surface area (Å²) in [5.41, 5.74) is 0.444. The Morgan fingerprint density at radius 2 is 2.15 bits per heavy atom. The SMILES string of the molecule is Cn1cc(CN2CCC[C@@]3(C(=O)O)CN(c4ncccn4)C[C@H]3C2)cn1. The van der Waals surface area contributed by atoms with E-state index in [0.29, 0.717) is 25.5 Å². The average Bonchev–Trinajstić information content (AvgIpc) is 3.16. The number of aryl methyl sites for hydroxylation is 1. The van der Waals surface area contributed by atoms with Crippen molar-refractivity contribution in [3.05, 3.63) is 36.4 Å². The Morgan fingerprint density at radius 3 is 2.85 bits per heavy atom. The summed E-state index contributed by atoms with van der Waals surface area (Å²) in [4.78, 5) is 25.3. The highest BCUT2D eigenvalue weighted by atomic mass is 16.4. The second-order valence-corrected chi connectivity index (χ2v) is 7.45. The number of carboxylic acid groups (broad SMARTS) is 1. The van der Waals surface area contributed by atoms with Gasteiger partial charge in [0.25, 0.3) is 0 Å². The van der Waals surface area contributed by atoms with Crippen molar-refractivity contribution in [2.24, 2.45) is 18.4 Å². The van der Waals surface area contributed by atoms with Gasteiger partial charge in [-0.05, 0) is 25.5 Å². The molecule has 2 atom stereocenters. The number of nitrogens with zero attached hydrogens (tertiary/aromatic N) is 6. The predicted molar refractivity (Wildman–Crippen MR) is 95.5 cm³/mol. The van der Waals surface area contributed by atoms with Crippen molar-refractivity contribution < 1.29 is 9.90 Å². The zero-order valence-corrected chi connectivity index (χ0v) is 15.0. The van der Waals surface area contributed by atoms with Crippen molar-refractivity contribution >= 4 is 11.9 Å². The minimum absolute atomic E-state index is 0.0583. The van der Waals surface area contributed by atoms with Crippen LogP contribution in [0.2, 0.25) is 0 Å². The number of rotatable bonds is 4. The molecule has 4 rings (SSSR count). The van der Waals surface area contributed by atoms with Gasteiger partial charge in [-0.3, -0.25) is 14.4 Å². The van der Waals surface area contributed by atoms with E-state index < -0.39 is 11.4 Å². The van der Waals surface area contributed by atoms with Gasteiger partial charge in [0, 0.05) is 63.3 Å². The van der Waals surface area contributed by atoms with Crippen LogP contribution in [0.5, 0.6) is 0 Å². The number of hydrogen-bond acceptors (Lipinski definition) is 6. The van der Waals surface area contributed by atoms with Gasteiger partial charge in [-0.15, -0.1) is 0 Å². The van der Waals surface area contributed by atoms with Crippen LogP contribution in [0.3, 0.4) is 0 Å². The monoisotopic (exact) mass is 356 g/mol. The number of fused-ring (bicyclic) bond motifs is 1. The Labute approximate surface area is 152 Å². The number of anilines is 1. The lowest BCUT2D eigenvalue weighted by Gasteiger charge is -2.29. The van der Waals surface area contributed by atoms with Crippen LogP contribution >= 0.6 is 0 Å². The quantitative estimate of drug-likeness (QED) is 0.875. The van der Waals surface area contributed by atoms with E-state index in [-0.39, 0.29) is 5.92 Å². The van der Waals surface area contributed by atoms with E-state index in [0.717, 1.165) is 31.6 Å². The van der Waals surface area contributed by atoms with E-state index in [1.54, 1.807) is 23.1 Å². The molecule has 2 fully saturated rings. The molecule has 138 valence electrons. The Kier molecular flexibility index (Phi) is 4.36. The first-order chi connectivity index (χ1) is 12.6. The van der Waals surface area contributed by atoms with Crippen LogP contribution in [-0.4, -0.2) is 61.9 Å². The van der Waals surface area contributed by atoms with Crippen molar-refractivity contribution in [2.75, 3.05) is 31.1 Å². The molecule has 0 saturated carbocycles. The number of likely N-dealkylation sites (tertiary alicyclic amines) is 1. The number of aliphatic carboxylic acids is 1. The minimum Gasteiger partial charge on any atom is -0.481 e. The third kappa shape index (κ3) is 3.05. The summed E-state index contributed by atoms with van der Waals surface area (Å²) in [6.45, 7) is 3.66. The van der Waals surface area contributed by atoms with E-state index in [1.807, 2.05) is 24.3 Å². The van der Waals surface area contributed by atoms with E-state index in [1.165, 1.54) is 0 Å².